The quantitative estimate of drug-likeness (QED) is 0.365. The van der Waals surface area contributed by atoms with Gasteiger partial charge in [0.2, 0.25) is 0 Å². The predicted molar refractivity (Wildman–Crippen MR) is 124 cm³/mol. The maximum atomic E-state index is 5.42. The summed E-state index contributed by atoms with van der Waals surface area (Å²) in [6.45, 7) is 8.95. The van der Waals surface area contributed by atoms with Gasteiger partial charge in [-0.2, -0.15) is 0 Å². The zero-order chi connectivity index (χ0) is 18.9. The van der Waals surface area contributed by atoms with Crippen molar-refractivity contribution in [1.82, 2.24) is 0 Å². The first-order valence-corrected chi connectivity index (χ1v) is 11.3. The Kier molecular flexibility index (Phi) is 8.82. The lowest BCUT2D eigenvalue weighted by Crippen LogP contribution is -2.18. The molecule has 140 valence electrons. The van der Waals surface area contributed by atoms with Crippen molar-refractivity contribution in [2.24, 2.45) is 11.8 Å². The Morgan fingerprint density at radius 3 is 1.38 bits per heavy atom. The normalized spacial score (nSPS) is 11.0. The Morgan fingerprint density at radius 1 is 0.731 bits per heavy atom. The van der Waals surface area contributed by atoms with Gasteiger partial charge in [-0.15, -0.1) is 23.5 Å². The Balaban J connectivity index is 1.82. The fourth-order valence-electron chi connectivity index (χ4n) is 2.09. The van der Waals surface area contributed by atoms with E-state index >= 15 is 0 Å². The Bertz CT molecular complexity index is 620. The molecule has 26 heavy (non-hydrogen) atoms. The zero-order valence-corrected chi connectivity index (χ0v) is 18.4. The van der Waals surface area contributed by atoms with Crippen molar-refractivity contribution in [3.8, 4) is 0 Å². The van der Waals surface area contributed by atoms with Crippen LogP contribution in [-0.4, -0.2) is 16.6 Å². The molecule has 2 aromatic rings. The molecule has 0 spiro atoms. The van der Waals surface area contributed by atoms with Gasteiger partial charge in [0.1, 0.15) is 0 Å². The second-order valence-corrected chi connectivity index (χ2v) is 9.63. The van der Waals surface area contributed by atoms with E-state index in [1.165, 1.54) is 9.79 Å². The first-order chi connectivity index (χ1) is 12.4. The highest BCUT2D eigenvalue weighted by atomic mass is 32.2. The highest BCUT2D eigenvalue weighted by molar-refractivity contribution is 7.99. The molecule has 2 N–H and O–H groups in total. The van der Waals surface area contributed by atoms with Crippen LogP contribution >= 0.6 is 35.7 Å². The number of hydrogen-bond acceptors (Lipinski definition) is 3. The number of thioether (sulfide) groups is 2. The molecule has 0 aliphatic carbocycles. The lowest BCUT2D eigenvalue weighted by Gasteiger charge is -2.12. The van der Waals surface area contributed by atoms with E-state index in [-0.39, 0.29) is 0 Å². The summed E-state index contributed by atoms with van der Waals surface area (Å²) >= 11 is 9.20. The van der Waals surface area contributed by atoms with Crippen molar-refractivity contribution in [3.63, 3.8) is 0 Å². The molecule has 2 nitrogen and oxygen atoms in total. The minimum atomic E-state index is 0.607. The van der Waals surface area contributed by atoms with Crippen LogP contribution in [0.1, 0.15) is 27.7 Å². The van der Waals surface area contributed by atoms with Gasteiger partial charge in [0.25, 0.3) is 0 Å². The molecule has 0 atom stereocenters. The van der Waals surface area contributed by atoms with Crippen LogP contribution in [0.5, 0.6) is 0 Å². The molecule has 0 amide bonds. The van der Waals surface area contributed by atoms with Crippen molar-refractivity contribution < 1.29 is 0 Å². The molecule has 0 saturated heterocycles. The molecule has 0 saturated carbocycles. The first-order valence-electron chi connectivity index (χ1n) is 8.96. The molecule has 0 fully saturated rings. The molecule has 0 bridgehead atoms. The summed E-state index contributed by atoms with van der Waals surface area (Å²) in [7, 11) is 0. The van der Waals surface area contributed by atoms with E-state index in [2.05, 4.69) is 86.9 Å². The van der Waals surface area contributed by atoms with E-state index in [9.17, 15) is 0 Å². The number of anilines is 2. The highest BCUT2D eigenvalue weighted by Gasteiger charge is 2.02. The van der Waals surface area contributed by atoms with Crippen LogP contribution in [0.15, 0.2) is 58.3 Å². The topological polar surface area (TPSA) is 24.1 Å². The molecular formula is C21H28N2S3. The van der Waals surface area contributed by atoms with Gasteiger partial charge in [-0.1, -0.05) is 27.7 Å². The summed E-state index contributed by atoms with van der Waals surface area (Å²) in [5.74, 6) is 3.67. The average Bonchev–Trinajstić information content (AvgIpc) is 2.60. The lowest BCUT2D eigenvalue weighted by atomic mass is 10.3. The molecule has 0 heterocycles. The van der Waals surface area contributed by atoms with Crippen LogP contribution in [0, 0.1) is 11.8 Å². The number of nitrogens with one attached hydrogen (secondary N) is 2. The Morgan fingerprint density at radius 2 is 1.08 bits per heavy atom. The maximum absolute atomic E-state index is 5.42. The monoisotopic (exact) mass is 404 g/mol. The van der Waals surface area contributed by atoms with Crippen LogP contribution < -0.4 is 10.6 Å². The minimum Gasteiger partial charge on any atom is -0.332 e. The van der Waals surface area contributed by atoms with Crippen LogP contribution in [0.25, 0.3) is 0 Å². The van der Waals surface area contributed by atoms with Crippen molar-refractivity contribution >= 4 is 52.2 Å². The van der Waals surface area contributed by atoms with Gasteiger partial charge >= 0.3 is 0 Å². The second kappa shape index (κ2) is 10.9. The summed E-state index contributed by atoms with van der Waals surface area (Å²) in [5, 5.41) is 7.09. The first kappa shape index (κ1) is 21.1. The number of thiocarbonyl (C=S) groups is 1. The van der Waals surface area contributed by atoms with Gasteiger partial charge in [0.05, 0.1) is 0 Å². The van der Waals surface area contributed by atoms with Crippen LogP contribution in [0.4, 0.5) is 11.4 Å². The van der Waals surface area contributed by atoms with Crippen molar-refractivity contribution in [2.75, 3.05) is 22.1 Å². The summed E-state index contributed by atoms with van der Waals surface area (Å²) < 4.78 is 0. The minimum absolute atomic E-state index is 0.607. The fraction of sp³-hybridized carbons (Fsp3) is 0.381. The number of benzene rings is 2. The largest absolute Gasteiger partial charge is 0.332 e. The molecule has 0 radical (unpaired) electrons. The second-order valence-electron chi connectivity index (χ2n) is 7.04. The van der Waals surface area contributed by atoms with Gasteiger partial charge in [0.15, 0.2) is 5.11 Å². The van der Waals surface area contributed by atoms with Gasteiger partial charge in [-0.3, -0.25) is 0 Å². The van der Waals surface area contributed by atoms with E-state index in [0.717, 1.165) is 22.9 Å². The zero-order valence-electron chi connectivity index (χ0n) is 15.9. The van der Waals surface area contributed by atoms with E-state index in [1.807, 2.05) is 23.5 Å². The summed E-state index contributed by atoms with van der Waals surface area (Å²) in [6.07, 6.45) is 0. The van der Waals surface area contributed by atoms with Gasteiger partial charge in [-0.25, -0.2) is 0 Å². The highest BCUT2D eigenvalue weighted by Crippen LogP contribution is 2.24. The summed E-state index contributed by atoms with van der Waals surface area (Å²) in [6, 6.07) is 16.8. The third kappa shape index (κ3) is 8.02. The number of rotatable bonds is 8. The molecular weight excluding hydrogens is 376 g/mol. The molecule has 0 aliphatic rings. The maximum Gasteiger partial charge on any atom is 0.175 e. The van der Waals surface area contributed by atoms with Gasteiger partial charge in [0, 0.05) is 32.7 Å². The third-order valence-corrected chi connectivity index (χ3v) is 6.47. The van der Waals surface area contributed by atoms with Gasteiger partial charge < -0.3 is 10.6 Å². The predicted octanol–water partition coefficient (Wildman–Crippen LogP) is 6.99. The van der Waals surface area contributed by atoms with Crippen molar-refractivity contribution in [2.45, 2.75) is 37.5 Å². The Labute approximate surface area is 171 Å². The SMILES string of the molecule is CC(C)CSc1ccc(NC(=S)Nc2ccc(SCC(C)C)cc2)cc1. The standard InChI is InChI=1S/C21H28N2S3/c1-15(2)13-25-19-9-5-17(6-10-19)22-21(24)23-18-7-11-20(12-8-18)26-14-16(3)4/h5-12,15-16H,13-14H2,1-4H3,(H2,22,23,24). The number of hydrogen-bond donors (Lipinski definition) is 2. The van der Waals surface area contributed by atoms with E-state index in [0.29, 0.717) is 16.9 Å². The van der Waals surface area contributed by atoms with E-state index in [1.54, 1.807) is 0 Å². The van der Waals surface area contributed by atoms with Crippen LogP contribution in [-0.2, 0) is 0 Å². The molecule has 2 aromatic carbocycles. The molecule has 5 heteroatoms. The smallest absolute Gasteiger partial charge is 0.175 e. The van der Waals surface area contributed by atoms with Crippen LogP contribution in [0.3, 0.4) is 0 Å². The molecule has 0 aliphatic heterocycles. The van der Waals surface area contributed by atoms with E-state index in [4.69, 9.17) is 12.2 Å². The molecule has 0 unspecified atom stereocenters. The van der Waals surface area contributed by atoms with Crippen LogP contribution in [0.2, 0.25) is 0 Å². The van der Waals surface area contributed by atoms with Crippen molar-refractivity contribution in [3.05, 3.63) is 48.5 Å². The van der Waals surface area contributed by atoms with Crippen molar-refractivity contribution in [1.29, 1.82) is 0 Å². The molecule has 0 aromatic heterocycles. The third-order valence-electron chi connectivity index (χ3n) is 3.39. The fourth-order valence-corrected chi connectivity index (χ4v) is 4.03. The average molecular weight is 405 g/mol. The van der Waals surface area contributed by atoms with Gasteiger partial charge in [-0.05, 0) is 72.6 Å². The summed E-state index contributed by atoms with van der Waals surface area (Å²) in [4.78, 5) is 2.58. The summed E-state index contributed by atoms with van der Waals surface area (Å²) in [5.41, 5.74) is 2.00. The molecule has 2 rings (SSSR count). The Hall–Kier alpha value is -1.17. The van der Waals surface area contributed by atoms with E-state index < -0.39 is 0 Å². The lowest BCUT2D eigenvalue weighted by molar-refractivity contribution is 0.750.